The van der Waals surface area contributed by atoms with Gasteiger partial charge in [0, 0.05) is 73.2 Å². The van der Waals surface area contributed by atoms with E-state index in [1.165, 1.54) is 6.33 Å². The number of hydrogen-bond donors (Lipinski definition) is 0. The molecule has 0 radical (unpaired) electrons. The molecule has 1 aliphatic rings. The zero-order valence-corrected chi connectivity index (χ0v) is 17.4. The predicted molar refractivity (Wildman–Crippen MR) is 111 cm³/mol. The van der Waals surface area contributed by atoms with Crippen molar-refractivity contribution in [2.24, 2.45) is 0 Å². The minimum atomic E-state index is 0.144. The summed E-state index contributed by atoms with van der Waals surface area (Å²) in [5.41, 5.74) is 3.04. The second-order valence-corrected chi connectivity index (χ2v) is 7.94. The summed E-state index contributed by atoms with van der Waals surface area (Å²) in [5, 5.41) is 8.05. The molecule has 0 aromatic carbocycles. The van der Waals surface area contributed by atoms with Crippen LogP contribution in [0.15, 0.2) is 41.5 Å². The van der Waals surface area contributed by atoms with E-state index in [0.29, 0.717) is 30.5 Å². The number of aromatic nitrogens is 5. The molecule has 0 spiro atoms. The van der Waals surface area contributed by atoms with E-state index in [1.54, 1.807) is 12.4 Å². The number of amides is 1. The molecule has 1 aliphatic heterocycles. The number of likely N-dealkylation sites (tertiary alicyclic amines) is 1. The minimum absolute atomic E-state index is 0.144. The second-order valence-electron chi connectivity index (χ2n) is 7.94. The third-order valence-corrected chi connectivity index (χ3v) is 5.48. The van der Waals surface area contributed by atoms with Gasteiger partial charge in [0.25, 0.3) is 0 Å². The van der Waals surface area contributed by atoms with Gasteiger partial charge >= 0.3 is 0 Å². The number of pyridine rings is 1. The van der Waals surface area contributed by atoms with E-state index in [4.69, 9.17) is 4.42 Å². The Balaban J connectivity index is 1.27. The van der Waals surface area contributed by atoms with Crippen molar-refractivity contribution in [1.82, 2.24) is 30.0 Å². The van der Waals surface area contributed by atoms with Crippen LogP contribution in [0.2, 0.25) is 0 Å². The van der Waals surface area contributed by atoms with Crippen molar-refractivity contribution in [3.05, 3.63) is 54.5 Å². The summed E-state index contributed by atoms with van der Waals surface area (Å²) in [4.78, 5) is 27.3. The molecule has 1 fully saturated rings. The highest BCUT2D eigenvalue weighted by Crippen LogP contribution is 2.28. The fourth-order valence-electron chi connectivity index (χ4n) is 3.66. The second kappa shape index (κ2) is 9.11. The number of aryl methyl sites for hydroxylation is 1. The van der Waals surface area contributed by atoms with Crippen molar-refractivity contribution in [3.8, 4) is 11.1 Å². The van der Waals surface area contributed by atoms with Gasteiger partial charge in [0.1, 0.15) is 6.33 Å². The molecule has 4 heterocycles. The van der Waals surface area contributed by atoms with Crippen LogP contribution in [-0.4, -0.2) is 49.0 Å². The molecule has 3 aromatic heterocycles. The van der Waals surface area contributed by atoms with Crippen molar-refractivity contribution < 1.29 is 9.21 Å². The lowest BCUT2D eigenvalue weighted by molar-refractivity contribution is -0.132. The molecule has 0 unspecified atom stereocenters. The van der Waals surface area contributed by atoms with Gasteiger partial charge in [-0.05, 0) is 18.9 Å². The molecule has 30 heavy (non-hydrogen) atoms. The standard InChI is InChI=1S/C22H26N6O2/c1-15(2)22-27-26-20(30-22)5-6-21(29)28-9-7-16(8-10-28)19-4-3-17(13-25-19)18-11-23-14-24-12-18/h3-4,11-16H,5-10H2,1-2H3. The van der Waals surface area contributed by atoms with Crippen LogP contribution in [-0.2, 0) is 11.2 Å². The Labute approximate surface area is 175 Å². The van der Waals surface area contributed by atoms with Crippen LogP contribution in [0.3, 0.4) is 0 Å². The molecule has 156 valence electrons. The molecule has 0 aliphatic carbocycles. The summed E-state index contributed by atoms with van der Waals surface area (Å²) >= 11 is 0. The van der Waals surface area contributed by atoms with Crippen LogP contribution in [0.25, 0.3) is 11.1 Å². The van der Waals surface area contributed by atoms with Gasteiger partial charge in [-0.3, -0.25) is 9.78 Å². The highest BCUT2D eigenvalue weighted by Gasteiger charge is 2.25. The number of rotatable bonds is 6. The molecule has 0 N–H and O–H groups in total. The molecule has 4 rings (SSSR count). The van der Waals surface area contributed by atoms with E-state index in [-0.39, 0.29) is 11.8 Å². The number of carbonyl (C=O) groups excluding carboxylic acids is 1. The van der Waals surface area contributed by atoms with E-state index in [2.05, 4.69) is 37.3 Å². The molecule has 1 saturated heterocycles. The van der Waals surface area contributed by atoms with Crippen LogP contribution in [0.4, 0.5) is 0 Å². The Morgan fingerprint density at radius 1 is 1.10 bits per heavy atom. The van der Waals surface area contributed by atoms with E-state index in [1.807, 2.05) is 24.9 Å². The number of carbonyl (C=O) groups is 1. The van der Waals surface area contributed by atoms with Crippen LogP contribution in [0.1, 0.15) is 62.4 Å². The summed E-state index contributed by atoms with van der Waals surface area (Å²) in [5.74, 6) is 1.88. The average molecular weight is 406 g/mol. The Morgan fingerprint density at radius 2 is 1.87 bits per heavy atom. The quantitative estimate of drug-likeness (QED) is 0.619. The maximum Gasteiger partial charge on any atom is 0.223 e. The largest absolute Gasteiger partial charge is 0.425 e. The summed E-state index contributed by atoms with van der Waals surface area (Å²) in [6.45, 7) is 5.51. The fraction of sp³-hybridized carbons (Fsp3) is 0.455. The van der Waals surface area contributed by atoms with Crippen molar-refractivity contribution >= 4 is 5.91 Å². The predicted octanol–water partition coefficient (Wildman–Crippen LogP) is 3.38. The topological polar surface area (TPSA) is 97.9 Å². The highest BCUT2D eigenvalue weighted by molar-refractivity contribution is 5.76. The minimum Gasteiger partial charge on any atom is -0.425 e. The van der Waals surface area contributed by atoms with Gasteiger partial charge in [0.2, 0.25) is 17.7 Å². The Hall–Kier alpha value is -3.16. The lowest BCUT2D eigenvalue weighted by atomic mass is 9.92. The monoisotopic (exact) mass is 406 g/mol. The summed E-state index contributed by atoms with van der Waals surface area (Å²) in [6.07, 6.45) is 9.69. The highest BCUT2D eigenvalue weighted by atomic mass is 16.4. The van der Waals surface area contributed by atoms with Crippen molar-refractivity contribution in [3.63, 3.8) is 0 Å². The molecule has 0 atom stereocenters. The molecule has 1 amide bonds. The van der Waals surface area contributed by atoms with Gasteiger partial charge in [-0.1, -0.05) is 19.9 Å². The van der Waals surface area contributed by atoms with E-state index in [0.717, 1.165) is 42.8 Å². The first-order chi connectivity index (χ1) is 14.6. The lowest BCUT2D eigenvalue weighted by Crippen LogP contribution is -2.38. The van der Waals surface area contributed by atoms with E-state index < -0.39 is 0 Å². The first-order valence-corrected chi connectivity index (χ1v) is 10.4. The zero-order valence-electron chi connectivity index (χ0n) is 17.4. The molecule has 0 saturated carbocycles. The molecule has 8 nitrogen and oxygen atoms in total. The Bertz CT molecular complexity index is 963. The average Bonchev–Trinajstić information content (AvgIpc) is 3.28. The molecule has 8 heteroatoms. The fourth-order valence-corrected chi connectivity index (χ4v) is 3.66. The van der Waals surface area contributed by atoms with Gasteiger partial charge in [-0.25, -0.2) is 9.97 Å². The summed E-state index contributed by atoms with van der Waals surface area (Å²) in [6, 6.07) is 4.14. The summed E-state index contributed by atoms with van der Waals surface area (Å²) in [7, 11) is 0. The SMILES string of the molecule is CC(C)c1nnc(CCC(=O)N2CCC(c3ccc(-c4cncnc4)cn3)CC2)o1. The zero-order chi connectivity index (χ0) is 20.9. The normalized spacial score (nSPS) is 15.0. The molecular formula is C22H26N6O2. The smallest absolute Gasteiger partial charge is 0.223 e. The van der Waals surface area contributed by atoms with Crippen molar-refractivity contribution in [2.45, 2.75) is 51.4 Å². The molecule has 3 aromatic rings. The van der Waals surface area contributed by atoms with Gasteiger partial charge < -0.3 is 9.32 Å². The molecular weight excluding hydrogens is 380 g/mol. The maximum absolute atomic E-state index is 12.6. The first-order valence-electron chi connectivity index (χ1n) is 10.4. The van der Waals surface area contributed by atoms with Gasteiger partial charge in [0.05, 0.1) is 0 Å². The van der Waals surface area contributed by atoms with Crippen LogP contribution in [0.5, 0.6) is 0 Å². The van der Waals surface area contributed by atoms with Gasteiger partial charge in [-0.2, -0.15) is 0 Å². The first kappa shape index (κ1) is 20.1. The maximum atomic E-state index is 12.6. The number of nitrogens with zero attached hydrogens (tertiary/aromatic N) is 6. The lowest BCUT2D eigenvalue weighted by Gasteiger charge is -2.31. The third-order valence-electron chi connectivity index (χ3n) is 5.48. The van der Waals surface area contributed by atoms with Crippen LogP contribution >= 0.6 is 0 Å². The van der Waals surface area contributed by atoms with Crippen LogP contribution < -0.4 is 0 Å². The number of hydrogen-bond acceptors (Lipinski definition) is 7. The van der Waals surface area contributed by atoms with Crippen molar-refractivity contribution in [2.75, 3.05) is 13.1 Å². The van der Waals surface area contributed by atoms with E-state index in [9.17, 15) is 4.79 Å². The van der Waals surface area contributed by atoms with Gasteiger partial charge in [0.15, 0.2) is 0 Å². The Morgan fingerprint density at radius 3 is 2.50 bits per heavy atom. The van der Waals surface area contributed by atoms with Crippen molar-refractivity contribution in [1.29, 1.82) is 0 Å². The summed E-state index contributed by atoms with van der Waals surface area (Å²) < 4.78 is 5.59. The Kier molecular flexibility index (Phi) is 6.11. The molecule has 0 bridgehead atoms. The third kappa shape index (κ3) is 4.69. The number of piperidine rings is 1. The van der Waals surface area contributed by atoms with Gasteiger partial charge in [-0.15, -0.1) is 10.2 Å². The van der Waals surface area contributed by atoms with E-state index >= 15 is 0 Å². The van der Waals surface area contributed by atoms with Crippen LogP contribution in [0, 0.1) is 0 Å².